The van der Waals surface area contributed by atoms with Gasteiger partial charge in [0, 0.05) is 29.7 Å². The normalized spacial score (nSPS) is 15.2. The average molecular weight is 473 g/mol. The molecule has 1 amide bonds. The van der Waals surface area contributed by atoms with E-state index in [1.54, 1.807) is 29.1 Å². The highest BCUT2D eigenvalue weighted by molar-refractivity contribution is 7.92. The van der Waals surface area contributed by atoms with Crippen LogP contribution in [-0.2, 0) is 23.0 Å². The summed E-state index contributed by atoms with van der Waals surface area (Å²) in [6.45, 7) is 2.48. The number of aromatic nitrogens is 2. The molecule has 34 heavy (non-hydrogen) atoms. The molecule has 8 heteroatoms. The van der Waals surface area contributed by atoms with Crippen molar-refractivity contribution in [2.75, 3.05) is 9.62 Å². The molecule has 0 fully saturated rings. The molecule has 0 bridgehead atoms. The number of carbonyl (C=O) groups is 1. The highest BCUT2D eigenvalue weighted by atomic mass is 32.2. The van der Waals surface area contributed by atoms with Crippen LogP contribution in [0.3, 0.4) is 0 Å². The molecule has 5 rings (SSSR count). The van der Waals surface area contributed by atoms with Gasteiger partial charge >= 0.3 is 0 Å². The minimum absolute atomic E-state index is 0.0936. The van der Waals surface area contributed by atoms with Crippen LogP contribution in [0, 0.1) is 0 Å². The highest BCUT2D eigenvalue weighted by Gasteiger charge is 2.36. The van der Waals surface area contributed by atoms with Crippen molar-refractivity contribution in [3.63, 3.8) is 0 Å². The molecule has 0 saturated heterocycles. The van der Waals surface area contributed by atoms with E-state index < -0.39 is 10.0 Å². The fraction of sp³-hybridized carbons (Fsp3) is 0.154. The SMILES string of the molecule is CC1Cc2ccccc2N1S(=O)(=O)c1cccc(C(=O)Nc2cccc(Cn3cccn3)c2)c1. The van der Waals surface area contributed by atoms with E-state index in [4.69, 9.17) is 0 Å². The van der Waals surface area contributed by atoms with Crippen LogP contribution >= 0.6 is 0 Å². The number of nitrogens with zero attached hydrogens (tertiary/aromatic N) is 3. The van der Waals surface area contributed by atoms with Crippen LogP contribution in [0.25, 0.3) is 0 Å². The molecule has 1 atom stereocenters. The largest absolute Gasteiger partial charge is 0.322 e. The summed E-state index contributed by atoms with van der Waals surface area (Å²) in [4.78, 5) is 13.1. The van der Waals surface area contributed by atoms with Gasteiger partial charge < -0.3 is 5.32 Å². The third-order valence-corrected chi connectivity index (χ3v) is 7.81. The van der Waals surface area contributed by atoms with Crippen molar-refractivity contribution in [3.8, 4) is 0 Å². The molecule has 1 unspecified atom stereocenters. The zero-order chi connectivity index (χ0) is 23.7. The van der Waals surface area contributed by atoms with Crippen LogP contribution in [-0.4, -0.2) is 30.1 Å². The molecule has 172 valence electrons. The van der Waals surface area contributed by atoms with Gasteiger partial charge in [-0.1, -0.05) is 36.4 Å². The van der Waals surface area contributed by atoms with E-state index in [9.17, 15) is 13.2 Å². The van der Waals surface area contributed by atoms with Crippen molar-refractivity contribution < 1.29 is 13.2 Å². The highest BCUT2D eigenvalue weighted by Crippen LogP contribution is 2.36. The molecular formula is C26H24N4O3S. The topological polar surface area (TPSA) is 84.3 Å². The van der Waals surface area contributed by atoms with E-state index in [1.165, 1.54) is 16.4 Å². The van der Waals surface area contributed by atoms with Crippen molar-refractivity contribution in [1.29, 1.82) is 0 Å². The second kappa shape index (κ2) is 8.79. The first-order chi connectivity index (χ1) is 16.4. The summed E-state index contributed by atoms with van der Waals surface area (Å²) < 4.78 is 30.3. The molecule has 0 radical (unpaired) electrons. The van der Waals surface area contributed by atoms with Crippen molar-refractivity contribution in [2.24, 2.45) is 0 Å². The molecule has 1 aliphatic heterocycles. The maximum Gasteiger partial charge on any atom is 0.264 e. The number of amides is 1. The Balaban J connectivity index is 1.38. The van der Waals surface area contributed by atoms with Crippen LogP contribution in [0.15, 0.2) is 96.2 Å². The number of nitrogens with one attached hydrogen (secondary N) is 1. The molecule has 3 aromatic carbocycles. The molecule has 4 aromatic rings. The summed E-state index contributed by atoms with van der Waals surface area (Å²) >= 11 is 0. The Kier molecular flexibility index (Phi) is 5.67. The maximum atomic E-state index is 13.5. The zero-order valence-corrected chi connectivity index (χ0v) is 19.4. The lowest BCUT2D eigenvalue weighted by atomic mass is 10.1. The lowest BCUT2D eigenvalue weighted by molar-refractivity contribution is 0.102. The Hall–Kier alpha value is -3.91. The van der Waals surface area contributed by atoms with Gasteiger partial charge in [-0.25, -0.2) is 8.42 Å². The fourth-order valence-corrected chi connectivity index (χ4v) is 6.09. The van der Waals surface area contributed by atoms with Crippen molar-refractivity contribution in [2.45, 2.75) is 30.8 Å². The smallest absolute Gasteiger partial charge is 0.264 e. The summed E-state index contributed by atoms with van der Waals surface area (Å²) in [7, 11) is -3.82. The van der Waals surface area contributed by atoms with E-state index in [2.05, 4.69) is 10.4 Å². The number of carbonyl (C=O) groups excluding carboxylic acids is 1. The van der Waals surface area contributed by atoms with E-state index in [0.29, 0.717) is 24.3 Å². The number of rotatable bonds is 6. The van der Waals surface area contributed by atoms with E-state index in [-0.39, 0.29) is 22.4 Å². The second-order valence-corrected chi connectivity index (χ2v) is 10.2. The summed E-state index contributed by atoms with van der Waals surface area (Å²) in [6.07, 6.45) is 4.25. The first-order valence-electron chi connectivity index (χ1n) is 11.0. The number of para-hydroxylation sites is 1. The number of hydrogen-bond acceptors (Lipinski definition) is 4. The van der Waals surface area contributed by atoms with Crippen LogP contribution in [0.4, 0.5) is 11.4 Å². The molecule has 7 nitrogen and oxygen atoms in total. The molecular weight excluding hydrogens is 448 g/mol. The lowest BCUT2D eigenvalue weighted by Crippen LogP contribution is -2.35. The molecule has 1 aliphatic rings. The first-order valence-corrected chi connectivity index (χ1v) is 12.5. The van der Waals surface area contributed by atoms with E-state index >= 15 is 0 Å². The predicted octanol–water partition coefficient (Wildman–Crippen LogP) is 4.32. The molecule has 0 spiro atoms. The van der Waals surface area contributed by atoms with Gasteiger partial charge in [-0.3, -0.25) is 13.8 Å². The number of benzene rings is 3. The third kappa shape index (κ3) is 4.20. The van der Waals surface area contributed by atoms with Gasteiger partial charge in [-0.2, -0.15) is 5.10 Å². The first kappa shape index (κ1) is 21.9. The lowest BCUT2D eigenvalue weighted by Gasteiger charge is -2.24. The summed E-state index contributed by atoms with van der Waals surface area (Å²) in [5, 5.41) is 7.08. The van der Waals surface area contributed by atoms with Gasteiger partial charge in [0.15, 0.2) is 0 Å². The standard InChI is InChI=1S/C26H24N4O3S/c1-19-15-21-8-2-3-12-25(21)30(19)34(32,33)24-11-5-9-22(17-24)26(31)28-23-10-4-7-20(16-23)18-29-14-6-13-27-29/h2-14,16-17,19H,15,18H2,1H3,(H,28,31). The minimum atomic E-state index is -3.82. The Morgan fingerprint density at radius 2 is 1.85 bits per heavy atom. The predicted molar refractivity (Wildman–Crippen MR) is 131 cm³/mol. The van der Waals surface area contributed by atoms with Crippen molar-refractivity contribution >= 4 is 27.3 Å². The molecule has 0 aliphatic carbocycles. The van der Waals surface area contributed by atoms with Crippen molar-refractivity contribution in [1.82, 2.24) is 9.78 Å². The van der Waals surface area contributed by atoms with Crippen LogP contribution in [0.5, 0.6) is 0 Å². The summed E-state index contributed by atoms with van der Waals surface area (Å²) in [5.74, 6) is -0.372. The average Bonchev–Trinajstić information content (AvgIpc) is 3.46. The maximum absolute atomic E-state index is 13.5. The Morgan fingerprint density at radius 1 is 1.03 bits per heavy atom. The van der Waals surface area contributed by atoms with Gasteiger partial charge in [0.05, 0.1) is 17.1 Å². The van der Waals surface area contributed by atoms with E-state index in [1.807, 2.05) is 61.7 Å². The number of hydrogen-bond donors (Lipinski definition) is 1. The van der Waals surface area contributed by atoms with Crippen LogP contribution in [0.2, 0.25) is 0 Å². The van der Waals surface area contributed by atoms with Crippen molar-refractivity contribution in [3.05, 3.63) is 108 Å². The number of sulfonamides is 1. The summed E-state index contributed by atoms with van der Waals surface area (Å²) in [5.41, 5.74) is 3.59. The van der Waals surface area contributed by atoms with Crippen LogP contribution < -0.4 is 9.62 Å². The van der Waals surface area contributed by atoms with E-state index in [0.717, 1.165) is 11.1 Å². The summed E-state index contributed by atoms with van der Waals surface area (Å²) in [6, 6.07) is 22.9. The minimum Gasteiger partial charge on any atom is -0.322 e. The Bertz CT molecular complexity index is 1450. The van der Waals surface area contributed by atoms with Gasteiger partial charge in [0.25, 0.3) is 15.9 Å². The van der Waals surface area contributed by atoms with Gasteiger partial charge in [0.1, 0.15) is 0 Å². The number of anilines is 2. The second-order valence-electron chi connectivity index (χ2n) is 8.37. The van der Waals surface area contributed by atoms with Gasteiger partial charge in [0.2, 0.25) is 0 Å². The molecule has 2 heterocycles. The molecule has 0 saturated carbocycles. The van der Waals surface area contributed by atoms with Crippen LogP contribution in [0.1, 0.15) is 28.4 Å². The Labute approximate surface area is 198 Å². The quantitative estimate of drug-likeness (QED) is 0.453. The van der Waals surface area contributed by atoms with Gasteiger partial charge in [-0.05, 0) is 66.9 Å². The monoisotopic (exact) mass is 472 g/mol. The molecule has 1 aromatic heterocycles. The zero-order valence-electron chi connectivity index (χ0n) is 18.6. The molecule has 1 N–H and O–H groups in total. The fourth-order valence-electron chi connectivity index (χ4n) is 4.35. The number of fused-ring (bicyclic) bond motifs is 1. The third-order valence-electron chi connectivity index (χ3n) is 5.89. The van der Waals surface area contributed by atoms with Gasteiger partial charge in [-0.15, -0.1) is 0 Å². The Morgan fingerprint density at radius 3 is 2.68 bits per heavy atom.